The van der Waals surface area contributed by atoms with Crippen LogP contribution in [0.2, 0.25) is 0 Å². The van der Waals surface area contributed by atoms with Crippen LogP contribution in [0.25, 0.3) is 78.0 Å². The first-order valence-corrected chi connectivity index (χ1v) is 21.2. The Labute approximate surface area is 365 Å². The van der Waals surface area contributed by atoms with Crippen LogP contribution in [-0.2, 0) is 0 Å². The summed E-state index contributed by atoms with van der Waals surface area (Å²) in [6, 6.07) is 10.4. The normalized spacial score (nSPS) is 11.6. The number of aromatic nitrogens is 3. The van der Waals surface area contributed by atoms with E-state index in [9.17, 15) is 0 Å². The Morgan fingerprint density at radius 3 is 1.12 bits per heavy atom. The summed E-state index contributed by atoms with van der Waals surface area (Å²) in [4.78, 5) is 16.5. The average Bonchev–Trinajstić information content (AvgIpc) is 3.63. The lowest BCUT2D eigenvalue weighted by Gasteiger charge is -2.28. The van der Waals surface area contributed by atoms with Crippen molar-refractivity contribution in [1.82, 2.24) is 15.0 Å². The van der Waals surface area contributed by atoms with Gasteiger partial charge in [-0.3, -0.25) is 0 Å². The van der Waals surface area contributed by atoms with E-state index >= 15 is 0 Å². The molecule has 0 radical (unpaired) electrons. The second kappa shape index (κ2) is 14.6. The summed E-state index contributed by atoms with van der Waals surface area (Å²) in [5.41, 5.74) is 30.5. The summed E-state index contributed by atoms with van der Waals surface area (Å²) < 4.78 is 6.93. The molecule has 2 heterocycles. The number of hydrogen-bond donors (Lipinski definition) is 0. The van der Waals surface area contributed by atoms with E-state index in [1.165, 1.54) is 109 Å². The summed E-state index contributed by atoms with van der Waals surface area (Å²) >= 11 is 0. The van der Waals surface area contributed by atoms with Gasteiger partial charge < -0.3 is 4.42 Å². The first-order chi connectivity index (χ1) is 27.8. The molecule has 0 saturated heterocycles. The van der Waals surface area contributed by atoms with E-state index < -0.39 is 0 Å². The number of furan rings is 1. The molecular weight excluding hydrogens is 697 g/mol. The molecule has 0 spiro atoms. The molecule has 0 unspecified atom stereocenters. The van der Waals surface area contributed by atoms with Crippen molar-refractivity contribution in [1.29, 1.82) is 0 Å². The van der Waals surface area contributed by atoms with E-state index in [4.69, 9.17) is 19.4 Å². The molecule has 22 heteroatoms. The van der Waals surface area contributed by atoms with Gasteiger partial charge in [-0.05, 0) is 21.9 Å². The van der Waals surface area contributed by atoms with Crippen LogP contribution < -0.4 is 98.3 Å². The monoisotopic (exact) mass is 741 g/mol. The molecule has 0 atom stereocenters. The van der Waals surface area contributed by atoms with Gasteiger partial charge in [-0.2, -0.15) is 0 Å². The fourth-order valence-corrected chi connectivity index (χ4v) is 10.1. The molecule has 0 N–H and O–H groups in total. The third-order valence-corrected chi connectivity index (χ3v) is 15.3. The summed E-state index contributed by atoms with van der Waals surface area (Å²) in [7, 11) is 40.7. The van der Waals surface area contributed by atoms with Gasteiger partial charge in [-0.25, -0.2) is 15.0 Å². The largest absolute Gasteiger partial charge is 0.457 e. The highest BCUT2D eigenvalue weighted by Gasteiger charge is 2.28. The van der Waals surface area contributed by atoms with Crippen molar-refractivity contribution in [2.45, 2.75) is 0 Å². The number of fused-ring (bicyclic) bond motifs is 4. The van der Waals surface area contributed by atoms with Crippen LogP contribution in [0, 0.1) is 0 Å². The van der Waals surface area contributed by atoms with Gasteiger partial charge in [0.2, 0.25) is 0 Å². The molecule has 0 amide bonds. The highest BCUT2D eigenvalue weighted by atomic mass is 16.3. The van der Waals surface area contributed by atoms with Gasteiger partial charge >= 0.3 is 0 Å². The highest BCUT2D eigenvalue weighted by molar-refractivity contribution is 6.73. The molecule has 0 aliphatic carbocycles. The Kier molecular flexibility index (Phi) is 10.2. The third-order valence-electron chi connectivity index (χ3n) is 15.3. The number of benzene rings is 6. The van der Waals surface area contributed by atoms with Crippen LogP contribution in [-0.4, -0.2) is 156 Å². The molecule has 0 saturated carbocycles. The van der Waals surface area contributed by atoms with Crippen molar-refractivity contribution in [2.24, 2.45) is 0 Å². The molecule has 264 valence electrons. The first-order valence-electron chi connectivity index (χ1n) is 21.2. The molecule has 0 bridgehead atoms. The van der Waals surface area contributed by atoms with Crippen molar-refractivity contribution in [2.75, 3.05) is 0 Å². The SMILES string of the molecule is Bc1c(B)c(B)c(-c2c(B)c(B)c(B)c3c(-c4nc(-c5ccccc5)nc(-c5c(B)c(B)c(B)c6oc7c(B)c(B)c(B)c(B)c7c56)n4)c(B)c(B)c(B)c23)c(B)c1B. The lowest BCUT2D eigenvalue weighted by atomic mass is 9.56. The Hall–Kier alpha value is -4.44. The van der Waals surface area contributed by atoms with Crippen molar-refractivity contribution in [3.05, 3.63) is 30.3 Å². The molecule has 0 aliphatic rings. The van der Waals surface area contributed by atoms with Gasteiger partial charge in [0.05, 0.1) is 0 Å². The van der Waals surface area contributed by atoms with E-state index in [0.717, 1.165) is 49.6 Å². The molecular formula is C37H41B18N3O. The van der Waals surface area contributed by atoms with Crippen molar-refractivity contribution in [3.63, 3.8) is 0 Å². The van der Waals surface area contributed by atoms with E-state index in [2.05, 4.69) is 165 Å². The number of rotatable bonds is 4. The minimum absolute atomic E-state index is 0.660. The maximum atomic E-state index is 6.93. The summed E-state index contributed by atoms with van der Waals surface area (Å²) in [5, 5.41) is 4.76. The predicted octanol–water partition coefficient (Wildman–Crippen LogP) is -21.8. The zero-order valence-corrected chi connectivity index (χ0v) is 38.6. The topological polar surface area (TPSA) is 51.8 Å². The van der Waals surface area contributed by atoms with Gasteiger partial charge in [0.25, 0.3) is 0 Å². The zero-order chi connectivity index (χ0) is 42.8. The van der Waals surface area contributed by atoms with Crippen molar-refractivity contribution >= 4 is 272 Å². The van der Waals surface area contributed by atoms with Gasteiger partial charge in [-0.1, -0.05) is 101 Å². The van der Waals surface area contributed by atoms with Gasteiger partial charge in [0, 0.05) is 27.5 Å². The third kappa shape index (κ3) is 5.88. The molecule has 0 fully saturated rings. The fraction of sp³-hybridized carbons (Fsp3) is 0. The van der Waals surface area contributed by atoms with E-state index in [-0.39, 0.29) is 0 Å². The Bertz CT molecular complexity index is 3180. The second-order valence-electron chi connectivity index (χ2n) is 17.7. The summed E-state index contributed by atoms with van der Waals surface area (Å²) in [6.07, 6.45) is 0. The second-order valence-corrected chi connectivity index (χ2v) is 17.7. The fourth-order valence-electron chi connectivity index (χ4n) is 10.1. The molecule has 0 aliphatic heterocycles. The smallest absolute Gasteiger partial charge is 0.164 e. The van der Waals surface area contributed by atoms with Gasteiger partial charge in [0.15, 0.2) is 17.5 Å². The maximum Gasteiger partial charge on any atom is 0.164 e. The molecule has 2 aromatic heterocycles. The Morgan fingerprint density at radius 1 is 0.271 bits per heavy atom. The maximum absolute atomic E-state index is 6.93. The highest BCUT2D eigenvalue weighted by Crippen LogP contribution is 2.34. The lowest BCUT2D eigenvalue weighted by Crippen LogP contribution is -2.56. The Morgan fingerprint density at radius 2 is 0.593 bits per heavy atom. The average molecular weight is 738 g/mol. The zero-order valence-electron chi connectivity index (χ0n) is 38.6. The van der Waals surface area contributed by atoms with Crippen LogP contribution in [0.5, 0.6) is 0 Å². The van der Waals surface area contributed by atoms with Gasteiger partial charge in [0.1, 0.15) is 152 Å². The van der Waals surface area contributed by atoms with Gasteiger partial charge in [-0.15, -0.1) is 27.3 Å². The minimum Gasteiger partial charge on any atom is -0.457 e. The summed E-state index contributed by atoms with van der Waals surface area (Å²) in [6.45, 7) is 0. The number of hydrogen-bond acceptors (Lipinski definition) is 4. The van der Waals surface area contributed by atoms with Crippen LogP contribution >= 0.6 is 0 Å². The molecule has 8 aromatic rings. The van der Waals surface area contributed by atoms with Crippen LogP contribution in [0.4, 0.5) is 0 Å². The summed E-state index contributed by atoms with van der Waals surface area (Å²) in [5.74, 6) is 2.02. The van der Waals surface area contributed by atoms with E-state index in [0.29, 0.717) is 17.5 Å². The van der Waals surface area contributed by atoms with Crippen molar-refractivity contribution in [3.8, 4) is 45.3 Å². The predicted molar refractivity (Wildman–Crippen MR) is 314 cm³/mol. The lowest BCUT2D eigenvalue weighted by molar-refractivity contribution is 0.675. The van der Waals surface area contributed by atoms with Crippen molar-refractivity contribution < 1.29 is 4.42 Å². The first kappa shape index (κ1) is 41.3. The molecule has 6 aromatic carbocycles. The van der Waals surface area contributed by atoms with Crippen LogP contribution in [0.1, 0.15) is 0 Å². The van der Waals surface area contributed by atoms with Crippen LogP contribution in [0.3, 0.4) is 0 Å². The van der Waals surface area contributed by atoms with Crippen LogP contribution in [0.15, 0.2) is 34.7 Å². The minimum atomic E-state index is 0.660. The molecule has 59 heavy (non-hydrogen) atoms. The molecule has 8 rings (SSSR count). The quantitative estimate of drug-likeness (QED) is 0.169. The number of nitrogens with zero attached hydrogens (tertiary/aromatic N) is 3. The standard InChI is InChI=1S/C37H41B18N3O/c38-15-7-8(11-18(41)25(48)29(52)26(49)19(11)42)16(39)23(46)17(40)9(7)13(21(44)24(15)47)36-56-35(6-4-2-1-3-5-6)57-37(58-36)14-10-12-20(43)27(50)30(53)32(55)34(12)59-33(10)31(54)28(51)22(14)45/h1-5H,38-55H2. The van der Waals surface area contributed by atoms with E-state index in [1.807, 2.05) is 6.07 Å². The van der Waals surface area contributed by atoms with E-state index in [1.54, 1.807) is 0 Å². The molecule has 4 nitrogen and oxygen atoms in total. The Balaban J connectivity index is 1.59.